The second-order valence-electron chi connectivity index (χ2n) is 1.68. The Hall–Kier alpha value is -0.170. The summed E-state index contributed by atoms with van der Waals surface area (Å²) >= 11 is 5.49. The van der Waals surface area contributed by atoms with Gasteiger partial charge in [-0.1, -0.05) is 11.6 Å². The predicted octanol–water partition coefficient (Wildman–Crippen LogP) is 1.65. The van der Waals surface area contributed by atoms with Gasteiger partial charge in [-0.2, -0.15) is 0 Å². The van der Waals surface area contributed by atoms with Gasteiger partial charge in [0.2, 0.25) is 0 Å². The molecule has 0 aromatic rings. The van der Waals surface area contributed by atoms with Crippen LogP contribution >= 0.6 is 11.6 Å². The Morgan fingerprint density at radius 3 is 2.00 bits per heavy atom. The number of allylic oxidation sites excluding steroid dienone is 1. The molecule has 0 fully saturated rings. The molecule has 0 amide bonds. The average molecular weight is 120 g/mol. The Labute approximate surface area is 49.6 Å². The number of nitrogens with zero attached hydrogens (tertiary/aromatic N) is 1. The van der Waals surface area contributed by atoms with E-state index in [-0.39, 0.29) is 0 Å². The standard InChI is InChI=1S/C5H10ClN/c1-5(6)4-7(2)3/h4H,1-3H3/b5-4+. The lowest BCUT2D eigenvalue weighted by molar-refractivity contribution is 0.561. The van der Waals surface area contributed by atoms with E-state index in [0.29, 0.717) is 0 Å². The SMILES string of the molecule is C/C(Cl)=C\N(C)C. The van der Waals surface area contributed by atoms with E-state index < -0.39 is 0 Å². The van der Waals surface area contributed by atoms with E-state index in [1.807, 2.05) is 32.1 Å². The van der Waals surface area contributed by atoms with Crippen molar-refractivity contribution in [3.05, 3.63) is 11.2 Å². The van der Waals surface area contributed by atoms with Gasteiger partial charge >= 0.3 is 0 Å². The van der Waals surface area contributed by atoms with Crippen LogP contribution in [0.5, 0.6) is 0 Å². The summed E-state index contributed by atoms with van der Waals surface area (Å²) in [5.74, 6) is 0. The van der Waals surface area contributed by atoms with E-state index in [1.165, 1.54) is 0 Å². The maximum atomic E-state index is 5.49. The van der Waals surface area contributed by atoms with Gasteiger partial charge in [0.05, 0.1) is 0 Å². The van der Waals surface area contributed by atoms with Crippen molar-refractivity contribution in [2.75, 3.05) is 14.1 Å². The van der Waals surface area contributed by atoms with Gasteiger partial charge in [0.25, 0.3) is 0 Å². The van der Waals surface area contributed by atoms with E-state index in [9.17, 15) is 0 Å². The summed E-state index contributed by atoms with van der Waals surface area (Å²) in [5, 5.41) is 0.810. The monoisotopic (exact) mass is 119 g/mol. The van der Waals surface area contributed by atoms with Gasteiger partial charge in [0, 0.05) is 25.3 Å². The smallest absolute Gasteiger partial charge is 0.0308 e. The topological polar surface area (TPSA) is 3.24 Å². The molecule has 0 heterocycles. The molecule has 0 bridgehead atoms. The van der Waals surface area contributed by atoms with E-state index in [4.69, 9.17) is 11.6 Å². The highest BCUT2D eigenvalue weighted by molar-refractivity contribution is 6.29. The van der Waals surface area contributed by atoms with E-state index in [1.54, 1.807) is 0 Å². The van der Waals surface area contributed by atoms with E-state index >= 15 is 0 Å². The molecule has 0 atom stereocenters. The molecule has 0 aliphatic carbocycles. The molecule has 0 radical (unpaired) electrons. The first-order chi connectivity index (χ1) is 3.13. The summed E-state index contributed by atoms with van der Waals surface area (Å²) in [5.41, 5.74) is 0. The highest BCUT2D eigenvalue weighted by Crippen LogP contribution is 1.96. The van der Waals surface area contributed by atoms with Gasteiger partial charge in [-0.3, -0.25) is 0 Å². The highest BCUT2D eigenvalue weighted by Gasteiger charge is 1.77. The Morgan fingerprint density at radius 2 is 2.00 bits per heavy atom. The van der Waals surface area contributed by atoms with Crippen LogP contribution in [0.4, 0.5) is 0 Å². The fourth-order valence-electron chi connectivity index (χ4n) is 0.356. The van der Waals surface area contributed by atoms with Crippen LogP contribution in [0, 0.1) is 0 Å². The zero-order chi connectivity index (χ0) is 5.86. The molecule has 7 heavy (non-hydrogen) atoms. The van der Waals surface area contributed by atoms with Crippen LogP contribution in [0.25, 0.3) is 0 Å². The van der Waals surface area contributed by atoms with Crippen molar-refractivity contribution in [2.45, 2.75) is 6.92 Å². The molecule has 2 heteroatoms. The van der Waals surface area contributed by atoms with Gasteiger partial charge in [0.1, 0.15) is 0 Å². The summed E-state index contributed by atoms with van der Waals surface area (Å²) < 4.78 is 0. The Bertz CT molecular complexity index is 72.1. The lowest BCUT2D eigenvalue weighted by Gasteiger charge is -2.02. The first-order valence-electron chi connectivity index (χ1n) is 2.13. The molecule has 0 aromatic carbocycles. The minimum absolute atomic E-state index is 0.810. The largest absolute Gasteiger partial charge is 0.383 e. The fraction of sp³-hybridized carbons (Fsp3) is 0.600. The highest BCUT2D eigenvalue weighted by atomic mass is 35.5. The first-order valence-corrected chi connectivity index (χ1v) is 2.51. The average Bonchev–Trinajstić information content (AvgIpc) is 1.27. The van der Waals surface area contributed by atoms with Crippen LogP contribution in [-0.4, -0.2) is 19.0 Å². The van der Waals surface area contributed by atoms with Crippen LogP contribution in [-0.2, 0) is 0 Å². The summed E-state index contributed by atoms with van der Waals surface area (Å²) in [6.07, 6.45) is 1.85. The molecule has 1 nitrogen and oxygen atoms in total. The van der Waals surface area contributed by atoms with Crippen molar-refractivity contribution in [3.63, 3.8) is 0 Å². The molecular weight excluding hydrogens is 110 g/mol. The van der Waals surface area contributed by atoms with Crippen molar-refractivity contribution in [1.29, 1.82) is 0 Å². The zero-order valence-electron chi connectivity index (χ0n) is 4.90. The molecule has 0 saturated heterocycles. The maximum absolute atomic E-state index is 5.49. The third kappa shape index (κ3) is 5.83. The lowest BCUT2D eigenvalue weighted by atomic mass is 10.6. The van der Waals surface area contributed by atoms with Crippen molar-refractivity contribution in [3.8, 4) is 0 Å². The molecule has 42 valence electrons. The van der Waals surface area contributed by atoms with Gasteiger partial charge in [0.15, 0.2) is 0 Å². The minimum atomic E-state index is 0.810. The Kier molecular flexibility index (Phi) is 2.84. The van der Waals surface area contributed by atoms with Crippen LogP contribution in [0.2, 0.25) is 0 Å². The quantitative estimate of drug-likeness (QED) is 0.508. The van der Waals surface area contributed by atoms with Gasteiger partial charge in [-0.15, -0.1) is 0 Å². The molecule has 0 spiro atoms. The number of halogens is 1. The van der Waals surface area contributed by atoms with Crippen molar-refractivity contribution in [1.82, 2.24) is 4.90 Å². The van der Waals surface area contributed by atoms with Crippen LogP contribution in [0.15, 0.2) is 11.2 Å². The predicted molar refractivity (Wildman–Crippen MR) is 33.3 cm³/mol. The van der Waals surface area contributed by atoms with Crippen LogP contribution < -0.4 is 0 Å². The first kappa shape index (κ1) is 6.83. The van der Waals surface area contributed by atoms with Gasteiger partial charge in [-0.05, 0) is 6.92 Å². The number of rotatable bonds is 1. The zero-order valence-corrected chi connectivity index (χ0v) is 5.66. The minimum Gasteiger partial charge on any atom is -0.383 e. The third-order valence-electron chi connectivity index (χ3n) is 0.436. The second kappa shape index (κ2) is 2.92. The summed E-state index contributed by atoms with van der Waals surface area (Å²) in [6.45, 7) is 1.85. The lowest BCUT2D eigenvalue weighted by Crippen LogP contribution is -2.00. The molecular formula is C5H10ClN. The second-order valence-corrected chi connectivity index (χ2v) is 2.28. The van der Waals surface area contributed by atoms with Crippen molar-refractivity contribution >= 4 is 11.6 Å². The Morgan fingerprint density at radius 1 is 1.57 bits per heavy atom. The number of hydrogen-bond donors (Lipinski definition) is 0. The van der Waals surface area contributed by atoms with Crippen molar-refractivity contribution < 1.29 is 0 Å². The molecule has 0 N–H and O–H groups in total. The van der Waals surface area contributed by atoms with Crippen LogP contribution in [0.1, 0.15) is 6.92 Å². The maximum Gasteiger partial charge on any atom is 0.0308 e. The Balaban J connectivity index is 3.45. The van der Waals surface area contributed by atoms with Crippen molar-refractivity contribution in [2.24, 2.45) is 0 Å². The van der Waals surface area contributed by atoms with E-state index in [0.717, 1.165) is 5.03 Å². The third-order valence-corrected chi connectivity index (χ3v) is 0.534. The molecule has 0 aromatic heterocycles. The number of hydrogen-bond acceptors (Lipinski definition) is 1. The molecule has 0 rings (SSSR count). The van der Waals surface area contributed by atoms with Gasteiger partial charge < -0.3 is 4.90 Å². The normalized spacial score (nSPS) is 11.7. The summed E-state index contributed by atoms with van der Waals surface area (Å²) in [6, 6.07) is 0. The van der Waals surface area contributed by atoms with Crippen LogP contribution in [0.3, 0.4) is 0 Å². The van der Waals surface area contributed by atoms with E-state index in [2.05, 4.69) is 0 Å². The summed E-state index contributed by atoms with van der Waals surface area (Å²) in [7, 11) is 3.87. The van der Waals surface area contributed by atoms with Gasteiger partial charge in [-0.25, -0.2) is 0 Å². The fourth-order valence-corrected chi connectivity index (χ4v) is 0.551. The summed E-state index contributed by atoms with van der Waals surface area (Å²) in [4.78, 5) is 1.91. The molecule has 0 unspecified atom stereocenters. The molecule has 0 saturated carbocycles. The molecule has 0 aliphatic heterocycles. The molecule has 0 aliphatic rings.